The fourth-order valence-electron chi connectivity index (χ4n) is 0.309. The van der Waals surface area contributed by atoms with Crippen molar-refractivity contribution in [3.8, 4) is 0 Å². The van der Waals surface area contributed by atoms with Gasteiger partial charge in [0.15, 0.2) is 5.78 Å². The lowest BCUT2D eigenvalue weighted by Crippen LogP contribution is -2.12. The molecule has 0 fully saturated rings. The maximum Gasteiger partial charge on any atom is 0.160 e. The van der Waals surface area contributed by atoms with E-state index in [0.29, 0.717) is 0 Å². The maximum atomic E-state index is 10.6. The lowest BCUT2D eigenvalue weighted by atomic mass is 10.1. The third-order valence-corrected chi connectivity index (χ3v) is 0.931. The van der Waals surface area contributed by atoms with Crippen LogP contribution < -0.4 is 0 Å². The highest BCUT2D eigenvalue weighted by Gasteiger charge is 2.04. The SMILES string of the molecule is C.C.COCC(=O)C(C)C. The molecule has 0 aliphatic heterocycles. The molecule has 0 radical (unpaired) electrons. The van der Waals surface area contributed by atoms with E-state index in [1.54, 1.807) is 0 Å². The zero-order valence-corrected chi connectivity index (χ0v) is 5.60. The van der Waals surface area contributed by atoms with Crippen LogP contribution in [0.4, 0.5) is 0 Å². The van der Waals surface area contributed by atoms with Crippen LogP contribution in [0.5, 0.6) is 0 Å². The van der Waals surface area contributed by atoms with Gasteiger partial charge in [0.2, 0.25) is 0 Å². The van der Waals surface area contributed by atoms with Crippen molar-refractivity contribution in [2.75, 3.05) is 13.7 Å². The third-order valence-electron chi connectivity index (χ3n) is 0.931. The van der Waals surface area contributed by atoms with Crippen LogP contribution in [0.2, 0.25) is 0 Å². The molecule has 0 bridgehead atoms. The number of methoxy groups -OCH3 is 1. The Balaban J connectivity index is -0.000000245. The highest BCUT2D eigenvalue weighted by Crippen LogP contribution is 1.92. The molecule has 0 unspecified atom stereocenters. The van der Waals surface area contributed by atoms with Gasteiger partial charge in [-0.1, -0.05) is 28.7 Å². The first-order valence-corrected chi connectivity index (χ1v) is 2.70. The average Bonchev–Trinajstić information content (AvgIpc) is 1.67. The number of rotatable bonds is 3. The Morgan fingerprint density at radius 3 is 1.90 bits per heavy atom. The second-order valence-corrected chi connectivity index (χ2v) is 2.05. The van der Waals surface area contributed by atoms with Gasteiger partial charge in [-0.15, -0.1) is 0 Å². The molecule has 2 nitrogen and oxygen atoms in total. The standard InChI is InChI=1S/C6H12O2.2CH4/c1-5(2)6(7)4-8-3;;/h5H,4H2,1-3H3;2*1H4. The first-order chi connectivity index (χ1) is 3.68. The van der Waals surface area contributed by atoms with Gasteiger partial charge in [-0.3, -0.25) is 4.79 Å². The normalized spacial score (nSPS) is 8.00. The minimum absolute atomic E-state index is 0. The molecule has 0 aromatic rings. The molecule has 0 aromatic carbocycles. The summed E-state index contributed by atoms with van der Waals surface area (Å²) in [4.78, 5) is 10.6. The van der Waals surface area contributed by atoms with Crippen LogP contribution in [0.15, 0.2) is 0 Å². The molecule has 0 aliphatic carbocycles. The van der Waals surface area contributed by atoms with E-state index in [1.165, 1.54) is 7.11 Å². The lowest BCUT2D eigenvalue weighted by Gasteiger charge is -1.99. The van der Waals surface area contributed by atoms with E-state index in [1.807, 2.05) is 13.8 Å². The Bertz CT molecular complexity index is 77.3. The van der Waals surface area contributed by atoms with Gasteiger partial charge in [0, 0.05) is 13.0 Å². The van der Waals surface area contributed by atoms with Crippen LogP contribution in [0, 0.1) is 5.92 Å². The van der Waals surface area contributed by atoms with Gasteiger partial charge in [0.05, 0.1) is 0 Å². The summed E-state index contributed by atoms with van der Waals surface area (Å²) in [6.07, 6.45) is 0. The molecule has 0 aliphatic rings. The molecule has 0 N–H and O–H groups in total. The molecule has 0 amide bonds. The first kappa shape index (κ1) is 16.3. The summed E-state index contributed by atoms with van der Waals surface area (Å²) < 4.78 is 4.62. The zero-order valence-electron chi connectivity index (χ0n) is 5.60. The summed E-state index contributed by atoms with van der Waals surface area (Å²) in [6.45, 7) is 3.97. The summed E-state index contributed by atoms with van der Waals surface area (Å²) in [5.41, 5.74) is 0. The molecule has 0 aromatic heterocycles. The minimum Gasteiger partial charge on any atom is -0.377 e. The van der Waals surface area contributed by atoms with Gasteiger partial charge in [-0.05, 0) is 0 Å². The molecule has 0 saturated heterocycles. The number of Topliss-reactive ketones (excluding diaryl/α,β-unsaturated/α-hetero) is 1. The zero-order chi connectivity index (χ0) is 6.57. The molecule has 2 heteroatoms. The van der Waals surface area contributed by atoms with E-state index in [2.05, 4.69) is 4.74 Å². The molecular formula is C8H20O2. The maximum absolute atomic E-state index is 10.6. The van der Waals surface area contributed by atoms with E-state index in [9.17, 15) is 4.79 Å². The monoisotopic (exact) mass is 148 g/mol. The number of carbonyl (C=O) groups excluding carboxylic acids is 1. The van der Waals surface area contributed by atoms with E-state index < -0.39 is 0 Å². The van der Waals surface area contributed by atoms with Gasteiger partial charge >= 0.3 is 0 Å². The van der Waals surface area contributed by atoms with E-state index in [0.717, 1.165) is 0 Å². The number of hydrogen-bond acceptors (Lipinski definition) is 2. The van der Waals surface area contributed by atoms with Crippen LogP contribution in [0.25, 0.3) is 0 Å². The van der Waals surface area contributed by atoms with Crippen LogP contribution in [-0.4, -0.2) is 19.5 Å². The second kappa shape index (κ2) is 8.63. The smallest absolute Gasteiger partial charge is 0.160 e. The van der Waals surface area contributed by atoms with Crippen molar-refractivity contribution in [3.63, 3.8) is 0 Å². The summed E-state index contributed by atoms with van der Waals surface area (Å²) in [7, 11) is 1.53. The summed E-state index contributed by atoms with van der Waals surface area (Å²) in [5.74, 6) is 0.266. The highest BCUT2D eigenvalue weighted by molar-refractivity contribution is 5.81. The van der Waals surface area contributed by atoms with Gasteiger partial charge < -0.3 is 4.74 Å². The Labute approximate surface area is 64.6 Å². The van der Waals surface area contributed by atoms with E-state index in [4.69, 9.17) is 0 Å². The largest absolute Gasteiger partial charge is 0.377 e. The van der Waals surface area contributed by atoms with Crippen molar-refractivity contribution in [2.45, 2.75) is 28.7 Å². The summed E-state index contributed by atoms with van der Waals surface area (Å²) >= 11 is 0. The Hall–Kier alpha value is -0.370. The van der Waals surface area contributed by atoms with E-state index >= 15 is 0 Å². The molecule has 10 heavy (non-hydrogen) atoms. The van der Waals surface area contributed by atoms with Crippen molar-refractivity contribution in [2.24, 2.45) is 5.92 Å². The third kappa shape index (κ3) is 7.63. The van der Waals surface area contributed by atoms with Crippen molar-refractivity contribution in [3.05, 3.63) is 0 Å². The van der Waals surface area contributed by atoms with Crippen molar-refractivity contribution in [1.29, 1.82) is 0 Å². The van der Waals surface area contributed by atoms with Crippen molar-refractivity contribution >= 4 is 5.78 Å². The van der Waals surface area contributed by atoms with E-state index in [-0.39, 0.29) is 33.2 Å². The number of ketones is 1. The molecule has 0 heterocycles. The van der Waals surface area contributed by atoms with Crippen LogP contribution in [0.3, 0.4) is 0 Å². The predicted molar refractivity (Wildman–Crippen MR) is 45.2 cm³/mol. The van der Waals surface area contributed by atoms with Gasteiger partial charge in [0.25, 0.3) is 0 Å². The average molecular weight is 148 g/mol. The van der Waals surface area contributed by atoms with Crippen LogP contribution in [-0.2, 0) is 9.53 Å². The molecule has 0 spiro atoms. The quantitative estimate of drug-likeness (QED) is 0.613. The fourth-order valence-corrected chi connectivity index (χ4v) is 0.309. The number of carbonyl (C=O) groups is 1. The lowest BCUT2D eigenvalue weighted by molar-refractivity contribution is -0.125. The summed E-state index contributed by atoms with van der Waals surface area (Å²) in [6, 6.07) is 0. The molecule has 0 atom stereocenters. The summed E-state index contributed by atoms with van der Waals surface area (Å²) in [5, 5.41) is 0. The topological polar surface area (TPSA) is 26.3 Å². The number of hydrogen-bond donors (Lipinski definition) is 0. The first-order valence-electron chi connectivity index (χ1n) is 2.70. The predicted octanol–water partition coefficient (Wildman–Crippen LogP) is 2.13. The molecular weight excluding hydrogens is 128 g/mol. The molecule has 0 rings (SSSR count). The van der Waals surface area contributed by atoms with Crippen LogP contribution >= 0.6 is 0 Å². The van der Waals surface area contributed by atoms with Gasteiger partial charge in [-0.2, -0.15) is 0 Å². The highest BCUT2D eigenvalue weighted by atomic mass is 16.5. The second-order valence-electron chi connectivity index (χ2n) is 2.05. The molecule has 0 saturated carbocycles. The van der Waals surface area contributed by atoms with Crippen molar-refractivity contribution < 1.29 is 9.53 Å². The van der Waals surface area contributed by atoms with Gasteiger partial charge in [-0.25, -0.2) is 0 Å². The minimum atomic E-state index is 0. The fraction of sp³-hybridized carbons (Fsp3) is 0.875. The van der Waals surface area contributed by atoms with Gasteiger partial charge in [0.1, 0.15) is 6.61 Å². The Morgan fingerprint density at radius 2 is 1.80 bits per heavy atom. The van der Waals surface area contributed by atoms with Crippen molar-refractivity contribution in [1.82, 2.24) is 0 Å². The molecule has 64 valence electrons. The van der Waals surface area contributed by atoms with Crippen LogP contribution in [0.1, 0.15) is 28.7 Å². The Morgan fingerprint density at radius 1 is 1.40 bits per heavy atom. The number of ether oxygens (including phenoxy) is 1. The Kier molecular flexibility index (Phi) is 14.1.